The maximum atomic E-state index is 11.6. The summed E-state index contributed by atoms with van der Waals surface area (Å²) < 4.78 is 30.3. The molecule has 0 amide bonds. The SMILES string of the molecule is Br.COc1cc(S(C)(=O)=O)ccc1-c1cn2ccnc(Cl)c2n1. The normalized spacial score (nSPS) is 11.3. The molecular formula is C14H13BrClN3O3S. The van der Waals surface area contributed by atoms with Crippen LogP contribution in [0.15, 0.2) is 41.7 Å². The van der Waals surface area contributed by atoms with E-state index in [1.807, 2.05) is 0 Å². The average molecular weight is 419 g/mol. The van der Waals surface area contributed by atoms with Crippen LogP contribution in [0, 0.1) is 0 Å². The zero-order chi connectivity index (χ0) is 15.9. The number of sulfone groups is 1. The molecule has 3 aromatic rings. The van der Waals surface area contributed by atoms with Crippen LogP contribution < -0.4 is 4.74 Å². The molecule has 0 bridgehead atoms. The third kappa shape index (κ3) is 3.34. The second-order valence-electron chi connectivity index (χ2n) is 4.71. The summed E-state index contributed by atoms with van der Waals surface area (Å²) in [6.45, 7) is 0. The van der Waals surface area contributed by atoms with Crippen molar-refractivity contribution in [2.24, 2.45) is 0 Å². The number of nitrogens with zero attached hydrogens (tertiary/aromatic N) is 3. The van der Waals surface area contributed by atoms with E-state index < -0.39 is 9.84 Å². The lowest BCUT2D eigenvalue weighted by Gasteiger charge is -2.08. The van der Waals surface area contributed by atoms with Crippen molar-refractivity contribution in [3.8, 4) is 17.0 Å². The summed E-state index contributed by atoms with van der Waals surface area (Å²) in [6.07, 6.45) is 6.23. The maximum absolute atomic E-state index is 11.6. The van der Waals surface area contributed by atoms with E-state index >= 15 is 0 Å². The number of fused-ring (bicyclic) bond motifs is 1. The third-order valence-electron chi connectivity index (χ3n) is 3.21. The van der Waals surface area contributed by atoms with Gasteiger partial charge in [0.2, 0.25) is 0 Å². The van der Waals surface area contributed by atoms with Crippen molar-refractivity contribution in [1.29, 1.82) is 0 Å². The van der Waals surface area contributed by atoms with Crippen LogP contribution in [0.4, 0.5) is 0 Å². The summed E-state index contributed by atoms with van der Waals surface area (Å²) in [5, 5.41) is 0.292. The Morgan fingerprint density at radius 2 is 2.04 bits per heavy atom. The Morgan fingerprint density at radius 1 is 1.30 bits per heavy atom. The van der Waals surface area contributed by atoms with Gasteiger partial charge < -0.3 is 9.14 Å². The van der Waals surface area contributed by atoms with Crippen LogP contribution in [0.25, 0.3) is 16.9 Å². The van der Waals surface area contributed by atoms with Crippen LogP contribution in [-0.4, -0.2) is 36.2 Å². The van der Waals surface area contributed by atoms with Crippen LogP contribution >= 0.6 is 28.6 Å². The molecule has 0 aliphatic carbocycles. The molecule has 0 spiro atoms. The van der Waals surface area contributed by atoms with Gasteiger partial charge in [-0.3, -0.25) is 0 Å². The second kappa shape index (κ2) is 6.46. The fourth-order valence-electron chi connectivity index (χ4n) is 2.13. The zero-order valence-corrected chi connectivity index (χ0v) is 15.5. The summed E-state index contributed by atoms with van der Waals surface area (Å²) in [4.78, 5) is 8.59. The topological polar surface area (TPSA) is 73.6 Å². The van der Waals surface area contributed by atoms with Crippen molar-refractivity contribution in [3.63, 3.8) is 0 Å². The molecule has 23 heavy (non-hydrogen) atoms. The van der Waals surface area contributed by atoms with Gasteiger partial charge in [0.05, 0.1) is 17.7 Å². The molecule has 0 N–H and O–H groups in total. The molecule has 1 aromatic carbocycles. The van der Waals surface area contributed by atoms with Crippen molar-refractivity contribution >= 4 is 44.1 Å². The van der Waals surface area contributed by atoms with Gasteiger partial charge in [-0.05, 0) is 18.2 Å². The van der Waals surface area contributed by atoms with Crippen LogP contribution in [0.2, 0.25) is 5.15 Å². The number of halogens is 2. The van der Waals surface area contributed by atoms with Crippen molar-refractivity contribution in [1.82, 2.24) is 14.4 Å². The molecule has 3 rings (SSSR count). The van der Waals surface area contributed by atoms with E-state index in [1.54, 1.807) is 29.1 Å². The second-order valence-corrected chi connectivity index (χ2v) is 7.08. The Bertz CT molecular complexity index is 973. The molecule has 0 aliphatic rings. The number of imidazole rings is 1. The first-order valence-electron chi connectivity index (χ1n) is 6.28. The van der Waals surface area contributed by atoms with Crippen molar-refractivity contribution in [3.05, 3.63) is 41.9 Å². The Balaban J connectivity index is 0.00000192. The molecular weight excluding hydrogens is 406 g/mol. The molecule has 0 atom stereocenters. The predicted octanol–water partition coefficient (Wildman–Crippen LogP) is 3.04. The quantitative estimate of drug-likeness (QED) is 0.653. The fraction of sp³-hybridized carbons (Fsp3) is 0.143. The van der Waals surface area contributed by atoms with Crippen LogP contribution in [0.5, 0.6) is 5.75 Å². The predicted molar refractivity (Wildman–Crippen MR) is 93.4 cm³/mol. The zero-order valence-electron chi connectivity index (χ0n) is 12.2. The number of ether oxygens (including phenoxy) is 1. The van der Waals surface area contributed by atoms with E-state index in [-0.39, 0.29) is 21.9 Å². The first-order chi connectivity index (χ1) is 10.4. The standard InChI is InChI=1S/C14H12ClN3O3S.BrH/c1-21-12-7-9(22(2,19)20)3-4-10(12)11-8-18-6-5-16-13(15)14(18)17-11;/h3-8H,1-2H3;1H. The Hall–Kier alpha value is -1.64. The highest BCUT2D eigenvalue weighted by Crippen LogP contribution is 2.32. The molecule has 0 fully saturated rings. The fourth-order valence-corrected chi connectivity index (χ4v) is 2.96. The minimum atomic E-state index is -3.30. The van der Waals surface area contributed by atoms with E-state index in [1.165, 1.54) is 19.2 Å². The maximum Gasteiger partial charge on any atom is 0.175 e. The van der Waals surface area contributed by atoms with Crippen LogP contribution in [0.3, 0.4) is 0 Å². The molecule has 0 saturated heterocycles. The first-order valence-corrected chi connectivity index (χ1v) is 8.55. The minimum Gasteiger partial charge on any atom is -0.496 e. The summed E-state index contributed by atoms with van der Waals surface area (Å²) in [5.74, 6) is 0.426. The monoisotopic (exact) mass is 417 g/mol. The van der Waals surface area contributed by atoms with E-state index in [9.17, 15) is 8.42 Å². The highest BCUT2D eigenvalue weighted by molar-refractivity contribution is 8.93. The summed E-state index contributed by atoms with van der Waals surface area (Å²) >= 11 is 6.01. The van der Waals surface area contributed by atoms with E-state index in [0.717, 1.165) is 6.26 Å². The van der Waals surface area contributed by atoms with E-state index in [0.29, 0.717) is 27.8 Å². The number of benzene rings is 1. The number of hydrogen-bond donors (Lipinski definition) is 0. The summed E-state index contributed by atoms with van der Waals surface area (Å²) in [5.41, 5.74) is 1.81. The number of hydrogen-bond acceptors (Lipinski definition) is 5. The van der Waals surface area contributed by atoms with Gasteiger partial charge in [-0.25, -0.2) is 18.4 Å². The molecule has 0 saturated carbocycles. The van der Waals surface area contributed by atoms with Gasteiger partial charge in [0.25, 0.3) is 0 Å². The largest absolute Gasteiger partial charge is 0.496 e. The lowest BCUT2D eigenvalue weighted by Crippen LogP contribution is -1.98. The number of rotatable bonds is 3. The van der Waals surface area contributed by atoms with Gasteiger partial charge in [-0.2, -0.15) is 0 Å². The van der Waals surface area contributed by atoms with E-state index in [2.05, 4.69) is 9.97 Å². The van der Waals surface area contributed by atoms with Gasteiger partial charge in [-0.15, -0.1) is 17.0 Å². The summed E-state index contributed by atoms with van der Waals surface area (Å²) in [6, 6.07) is 4.67. The Kier molecular flexibility index (Phi) is 4.98. The lowest BCUT2D eigenvalue weighted by atomic mass is 10.1. The molecule has 122 valence electrons. The van der Waals surface area contributed by atoms with Gasteiger partial charge in [-0.1, -0.05) is 11.6 Å². The molecule has 0 radical (unpaired) electrons. The van der Waals surface area contributed by atoms with Crippen LogP contribution in [0.1, 0.15) is 0 Å². The third-order valence-corrected chi connectivity index (χ3v) is 4.59. The van der Waals surface area contributed by atoms with Gasteiger partial charge in [0.1, 0.15) is 5.75 Å². The Labute approximate surface area is 148 Å². The molecule has 0 unspecified atom stereocenters. The van der Waals surface area contributed by atoms with Crippen molar-refractivity contribution < 1.29 is 13.2 Å². The van der Waals surface area contributed by atoms with Crippen molar-refractivity contribution in [2.75, 3.05) is 13.4 Å². The molecule has 0 aliphatic heterocycles. The smallest absolute Gasteiger partial charge is 0.175 e. The summed E-state index contributed by atoms with van der Waals surface area (Å²) in [7, 11) is -1.82. The lowest BCUT2D eigenvalue weighted by molar-refractivity contribution is 0.415. The number of aromatic nitrogens is 3. The Morgan fingerprint density at radius 3 is 2.65 bits per heavy atom. The molecule has 6 nitrogen and oxygen atoms in total. The first kappa shape index (κ1) is 17.7. The molecule has 2 heterocycles. The highest BCUT2D eigenvalue weighted by Gasteiger charge is 2.15. The van der Waals surface area contributed by atoms with E-state index in [4.69, 9.17) is 16.3 Å². The van der Waals surface area contributed by atoms with Crippen molar-refractivity contribution in [2.45, 2.75) is 4.90 Å². The molecule has 2 aromatic heterocycles. The average Bonchev–Trinajstić information content (AvgIpc) is 2.91. The highest BCUT2D eigenvalue weighted by atomic mass is 79.9. The van der Waals surface area contributed by atoms with Gasteiger partial charge in [0.15, 0.2) is 20.6 Å². The van der Waals surface area contributed by atoms with Gasteiger partial charge >= 0.3 is 0 Å². The molecule has 9 heteroatoms. The minimum absolute atomic E-state index is 0. The number of methoxy groups -OCH3 is 1. The van der Waals surface area contributed by atoms with Gasteiger partial charge in [0, 0.05) is 30.4 Å². The van der Waals surface area contributed by atoms with Crippen LogP contribution in [-0.2, 0) is 9.84 Å².